The third-order valence-electron chi connectivity index (χ3n) is 5.16. The summed E-state index contributed by atoms with van der Waals surface area (Å²) < 4.78 is 14.9. The van der Waals surface area contributed by atoms with Gasteiger partial charge in [-0.25, -0.2) is 9.07 Å². The molecule has 7 nitrogen and oxygen atoms in total. The summed E-state index contributed by atoms with van der Waals surface area (Å²) >= 11 is 0. The number of nitrogens with one attached hydrogen (secondary N) is 2. The van der Waals surface area contributed by atoms with E-state index in [1.807, 2.05) is 13.2 Å². The first kappa shape index (κ1) is 20.6. The Morgan fingerprint density at radius 2 is 2.11 bits per heavy atom. The SMILES string of the molecule is CN1C(=O)C[C@@H](CNC2=NCCCN2)[C@@H]1c1cnn(-c2ccc(F)cc2)c1.I. The minimum Gasteiger partial charge on any atom is -0.356 e. The van der Waals surface area contributed by atoms with Gasteiger partial charge in [0.1, 0.15) is 5.82 Å². The Bertz CT molecular complexity index is 852. The molecule has 4 rings (SSSR count). The van der Waals surface area contributed by atoms with Crippen LogP contribution in [0.25, 0.3) is 5.69 Å². The van der Waals surface area contributed by atoms with Gasteiger partial charge in [0.05, 0.1) is 17.9 Å². The zero-order valence-electron chi connectivity index (χ0n) is 15.6. The van der Waals surface area contributed by atoms with Crippen molar-refractivity contribution >= 4 is 35.8 Å². The molecule has 2 aromatic rings. The van der Waals surface area contributed by atoms with Crippen LogP contribution in [0.5, 0.6) is 0 Å². The molecule has 0 unspecified atom stereocenters. The highest BCUT2D eigenvalue weighted by molar-refractivity contribution is 14.0. The number of aromatic nitrogens is 2. The molecule has 1 fully saturated rings. The van der Waals surface area contributed by atoms with Crippen LogP contribution < -0.4 is 10.6 Å². The fraction of sp³-hybridized carbons (Fsp3) is 0.421. The molecule has 0 radical (unpaired) electrons. The molecule has 28 heavy (non-hydrogen) atoms. The van der Waals surface area contributed by atoms with Crippen LogP contribution in [0, 0.1) is 11.7 Å². The number of carbonyl (C=O) groups is 1. The summed E-state index contributed by atoms with van der Waals surface area (Å²) in [5.74, 6) is 0.779. The molecule has 2 aliphatic heterocycles. The highest BCUT2D eigenvalue weighted by atomic mass is 127. The van der Waals surface area contributed by atoms with E-state index >= 15 is 0 Å². The van der Waals surface area contributed by atoms with Gasteiger partial charge in [-0.3, -0.25) is 9.79 Å². The molecule has 9 heteroatoms. The minimum atomic E-state index is -0.280. The van der Waals surface area contributed by atoms with Crippen LogP contribution in [-0.4, -0.2) is 53.2 Å². The predicted octanol–water partition coefficient (Wildman–Crippen LogP) is 2.09. The lowest BCUT2D eigenvalue weighted by atomic mass is 9.96. The predicted molar refractivity (Wildman–Crippen MR) is 115 cm³/mol. The molecule has 1 saturated heterocycles. The first-order chi connectivity index (χ1) is 13.1. The second kappa shape index (κ2) is 8.89. The Hall–Kier alpha value is -2.17. The van der Waals surface area contributed by atoms with Crippen LogP contribution in [-0.2, 0) is 4.79 Å². The number of rotatable bonds is 4. The van der Waals surface area contributed by atoms with E-state index in [0.29, 0.717) is 13.0 Å². The molecule has 150 valence electrons. The van der Waals surface area contributed by atoms with Crippen molar-refractivity contribution in [2.45, 2.75) is 18.9 Å². The molecule has 1 amide bonds. The van der Waals surface area contributed by atoms with Gasteiger partial charge in [0, 0.05) is 50.8 Å². The fourth-order valence-electron chi connectivity index (χ4n) is 3.73. The van der Waals surface area contributed by atoms with Crippen LogP contribution >= 0.6 is 24.0 Å². The third-order valence-corrected chi connectivity index (χ3v) is 5.16. The van der Waals surface area contributed by atoms with Crippen LogP contribution in [0.2, 0.25) is 0 Å². The monoisotopic (exact) mass is 498 g/mol. The molecule has 3 heterocycles. The van der Waals surface area contributed by atoms with E-state index in [-0.39, 0.29) is 47.7 Å². The Kier molecular flexibility index (Phi) is 6.53. The van der Waals surface area contributed by atoms with Crippen LogP contribution in [0.3, 0.4) is 0 Å². The molecular weight excluding hydrogens is 474 g/mol. The molecular formula is C19H24FIN6O. The molecule has 2 aliphatic rings. The number of aliphatic imine (C=N–C) groups is 1. The van der Waals surface area contributed by atoms with Crippen LogP contribution in [0.1, 0.15) is 24.4 Å². The molecule has 2 atom stereocenters. The number of nitrogens with zero attached hydrogens (tertiary/aromatic N) is 4. The van der Waals surface area contributed by atoms with Gasteiger partial charge in [0.2, 0.25) is 5.91 Å². The van der Waals surface area contributed by atoms with Crippen molar-refractivity contribution < 1.29 is 9.18 Å². The van der Waals surface area contributed by atoms with E-state index in [2.05, 4.69) is 20.7 Å². The van der Waals surface area contributed by atoms with Gasteiger partial charge in [-0.15, -0.1) is 24.0 Å². The maximum absolute atomic E-state index is 13.1. The maximum atomic E-state index is 13.1. The lowest BCUT2D eigenvalue weighted by Crippen LogP contribution is -2.43. The van der Waals surface area contributed by atoms with Gasteiger partial charge in [0.25, 0.3) is 0 Å². The molecule has 0 saturated carbocycles. The van der Waals surface area contributed by atoms with Crippen molar-refractivity contribution in [3.8, 4) is 5.69 Å². The van der Waals surface area contributed by atoms with E-state index in [1.54, 1.807) is 27.9 Å². The summed E-state index contributed by atoms with van der Waals surface area (Å²) in [5, 5.41) is 11.0. The van der Waals surface area contributed by atoms with Gasteiger partial charge >= 0.3 is 0 Å². The molecule has 0 spiro atoms. The quantitative estimate of drug-likeness (QED) is 0.634. The second-order valence-electron chi connectivity index (χ2n) is 7.00. The number of benzene rings is 1. The Morgan fingerprint density at radius 3 is 2.82 bits per heavy atom. The molecule has 1 aromatic carbocycles. The van der Waals surface area contributed by atoms with Gasteiger partial charge in [-0.05, 0) is 30.7 Å². The largest absolute Gasteiger partial charge is 0.356 e. The summed E-state index contributed by atoms with van der Waals surface area (Å²) in [6.07, 6.45) is 5.23. The minimum absolute atomic E-state index is 0. The van der Waals surface area contributed by atoms with Gasteiger partial charge in [-0.2, -0.15) is 5.10 Å². The van der Waals surface area contributed by atoms with Crippen molar-refractivity contribution in [2.75, 3.05) is 26.7 Å². The van der Waals surface area contributed by atoms with Gasteiger partial charge in [0.15, 0.2) is 5.96 Å². The summed E-state index contributed by atoms with van der Waals surface area (Å²) in [4.78, 5) is 18.5. The van der Waals surface area contributed by atoms with E-state index in [1.165, 1.54) is 12.1 Å². The molecule has 2 N–H and O–H groups in total. The highest BCUT2D eigenvalue weighted by Gasteiger charge is 2.39. The Morgan fingerprint density at radius 1 is 1.32 bits per heavy atom. The van der Waals surface area contributed by atoms with E-state index in [4.69, 9.17) is 0 Å². The van der Waals surface area contributed by atoms with Gasteiger partial charge in [-0.1, -0.05) is 0 Å². The number of carbonyl (C=O) groups excluding carboxylic acids is 1. The van der Waals surface area contributed by atoms with Gasteiger partial charge < -0.3 is 15.5 Å². The summed E-state index contributed by atoms with van der Waals surface area (Å²) in [6, 6.07) is 6.13. The van der Waals surface area contributed by atoms with Crippen LogP contribution in [0.4, 0.5) is 4.39 Å². The Balaban J connectivity index is 0.00000225. The molecule has 0 bridgehead atoms. The zero-order valence-corrected chi connectivity index (χ0v) is 18.0. The third kappa shape index (κ3) is 4.29. The summed E-state index contributed by atoms with van der Waals surface area (Å²) in [6.45, 7) is 2.41. The first-order valence-electron chi connectivity index (χ1n) is 9.20. The lowest BCUT2D eigenvalue weighted by molar-refractivity contribution is -0.127. The lowest BCUT2D eigenvalue weighted by Gasteiger charge is -2.25. The van der Waals surface area contributed by atoms with E-state index < -0.39 is 0 Å². The average Bonchev–Trinajstić information content (AvgIpc) is 3.27. The zero-order chi connectivity index (χ0) is 18.8. The number of hydrogen-bond acceptors (Lipinski definition) is 5. The molecule has 0 aliphatic carbocycles. The van der Waals surface area contributed by atoms with E-state index in [0.717, 1.165) is 36.7 Å². The van der Waals surface area contributed by atoms with Crippen LogP contribution in [0.15, 0.2) is 41.7 Å². The van der Waals surface area contributed by atoms with Crippen molar-refractivity contribution in [3.63, 3.8) is 0 Å². The summed E-state index contributed by atoms with van der Waals surface area (Å²) in [7, 11) is 1.83. The number of hydrogen-bond donors (Lipinski definition) is 2. The molecule has 1 aromatic heterocycles. The number of amides is 1. The number of likely N-dealkylation sites (tertiary alicyclic amines) is 1. The Labute approximate surface area is 180 Å². The number of halogens is 2. The number of guanidine groups is 1. The smallest absolute Gasteiger partial charge is 0.223 e. The second-order valence-corrected chi connectivity index (χ2v) is 7.00. The van der Waals surface area contributed by atoms with Crippen molar-refractivity contribution in [2.24, 2.45) is 10.9 Å². The average molecular weight is 498 g/mol. The van der Waals surface area contributed by atoms with E-state index in [9.17, 15) is 9.18 Å². The van der Waals surface area contributed by atoms with Crippen molar-refractivity contribution in [1.82, 2.24) is 25.3 Å². The first-order valence-corrected chi connectivity index (χ1v) is 9.20. The maximum Gasteiger partial charge on any atom is 0.223 e. The van der Waals surface area contributed by atoms with Crippen molar-refractivity contribution in [3.05, 3.63) is 48.0 Å². The highest BCUT2D eigenvalue weighted by Crippen LogP contribution is 2.36. The summed E-state index contributed by atoms with van der Waals surface area (Å²) in [5.41, 5.74) is 1.75. The van der Waals surface area contributed by atoms with Crippen molar-refractivity contribution in [1.29, 1.82) is 0 Å². The normalized spacial score (nSPS) is 21.7. The topological polar surface area (TPSA) is 74.6 Å². The standard InChI is InChI=1S/C19H23FN6O.HI/c1-25-17(27)9-13(10-23-19-21-7-2-8-22-19)18(25)14-11-24-26(12-14)16-5-3-15(20)4-6-16;/h3-6,11-13,18H,2,7-10H2,1H3,(H2,21,22,23);1H/t13-,18+;/m0./s1. The fourth-order valence-corrected chi connectivity index (χ4v) is 3.73.